The van der Waals surface area contributed by atoms with Gasteiger partial charge in [0.25, 0.3) is 0 Å². The van der Waals surface area contributed by atoms with Gasteiger partial charge in [-0.1, -0.05) is 24.3 Å². The van der Waals surface area contributed by atoms with E-state index >= 15 is 0 Å². The third kappa shape index (κ3) is 4.79. The summed E-state index contributed by atoms with van der Waals surface area (Å²) in [5, 5.41) is 3.43. The summed E-state index contributed by atoms with van der Waals surface area (Å²) < 4.78 is 5.47. The van der Waals surface area contributed by atoms with Crippen LogP contribution in [0.4, 0.5) is 4.79 Å². The molecule has 0 saturated heterocycles. The predicted octanol–water partition coefficient (Wildman–Crippen LogP) is 3.62. The van der Waals surface area contributed by atoms with Gasteiger partial charge >= 0.3 is 6.09 Å². The fourth-order valence-corrected chi connectivity index (χ4v) is 2.87. The van der Waals surface area contributed by atoms with Crippen LogP contribution in [0.1, 0.15) is 43.0 Å². The molecule has 0 fully saturated rings. The molecule has 0 unspecified atom stereocenters. The maximum atomic E-state index is 12.2. The number of benzene rings is 1. The van der Waals surface area contributed by atoms with Crippen molar-refractivity contribution in [1.82, 2.24) is 15.2 Å². The number of pyridine rings is 1. The van der Waals surface area contributed by atoms with E-state index in [1.165, 1.54) is 22.3 Å². The number of fused-ring (bicyclic) bond motifs is 1. The molecule has 1 N–H and O–H groups in total. The highest BCUT2D eigenvalue weighted by Gasteiger charge is 2.27. The van der Waals surface area contributed by atoms with Crippen LogP contribution in [-0.2, 0) is 30.9 Å². The first-order valence-corrected chi connectivity index (χ1v) is 8.59. The van der Waals surface area contributed by atoms with Crippen molar-refractivity contribution in [2.75, 3.05) is 0 Å². The minimum atomic E-state index is -0.465. The molecule has 1 aromatic carbocycles. The lowest BCUT2D eigenvalue weighted by Gasteiger charge is -2.24. The number of nitrogens with zero attached hydrogens (tertiary/aromatic N) is 2. The molecule has 1 aliphatic rings. The van der Waals surface area contributed by atoms with E-state index in [9.17, 15) is 4.79 Å². The average molecular weight is 339 g/mol. The van der Waals surface area contributed by atoms with E-state index in [2.05, 4.69) is 34.6 Å². The van der Waals surface area contributed by atoms with Gasteiger partial charge in [0.15, 0.2) is 0 Å². The maximum absolute atomic E-state index is 12.2. The zero-order chi connectivity index (χ0) is 17.9. The van der Waals surface area contributed by atoms with Crippen LogP contribution in [0.15, 0.2) is 42.7 Å². The second kappa shape index (κ2) is 7.23. The molecule has 0 saturated carbocycles. The van der Waals surface area contributed by atoms with Gasteiger partial charge in [-0.3, -0.25) is 9.88 Å². The zero-order valence-electron chi connectivity index (χ0n) is 15.1. The number of aromatic nitrogens is 1. The summed E-state index contributed by atoms with van der Waals surface area (Å²) in [6.07, 6.45) is 3.40. The summed E-state index contributed by atoms with van der Waals surface area (Å²) in [5.74, 6) is 0. The van der Waals surface area contributed by atoms with Crippen LogP contribution in [0.3, 0.4) is 0 Å². The van der Waals surface area contributed by atoms with Crippen LogP contribution < -0.4 is 5.32 Å². The highest BCUT2D eigenvalue weighted by Crippen LogP contribution is 2.25. The number of carbonyl (C=O) groups is 1. The fourth-order valence-electron chi connectivity index (χ4n) is 2.87. The Balaban J connectivity index is 1.56. The molecule has 5 heteroatoms. The Hall–Kier alpha value is -2.40. The average Bonchev–Trinajstić information content (AvgIpc) is 2.98. The van der Waals surface area contributed by atoms with Crippen molar-refractivity contribution in [1.29, 1.82) is 0 Å². The number of hydrogen-bond acceptors (Lipinski definition) is 4. The zero-order valence-corrected chi connectivity index (χ0v) is 15.1. The Morgan fingerprint density at radius 1 is 1.16 bits per heavy atom. The van der Waals surface area contributed by atoms with Gasteiger partial charge < -0.3 is 10.1 Å². The van der Waals surface area contributed by atoms with E-state index in [0.29, 0.717) is 13.1 Å². The molecule has 132 valence electrons. The fraction of sp³-hybridized carbons (Fsp3) is 0.400. The number of hydrogen-bond donors (Lipinski definition) is 1. The number of rotatable bonds is 4. The van der Waals surface area contributed by atoms with Gasteiger partial charge in [-0.05, 0) is 49.1 Å². The number of ether oxygens (including phenoxy) is 1. The molecule has 25 heavy (non-hydrogen) atoms. The molecule has 2 heterocycles. The Morgan fingerprint density at radius 3 is 2.64 bits per heavy atom. The molecule has 0 radical (unpaired) electrons. The Labute approximate surface area is 149 Å². The quantitative estimate of drug-likeness (QED) is 0.924. The molecular formula is C20H25N3O2. The third-order valence-electron chi connectivity index (χ3n) is 4.03. The van der Waals surface area contributed by atoms with Crippen molar-refractivity contribution < 1.29 is 9.53 Å². The van der Waals surface area contributed by atoms with Gasteiger partial charge in [-0.25, -0.2) is 4.79 Å². The minimum absolute atomic E-state index is 0.250. The number of amides is 1. The Kier molecular flexibility index (Phi) is 5.04. The van der Waals surface area contributed by atoms with Gasteiger partial charge in [0.05, 0.1) is 0 Å². The van der Waals surface area contributed by atoms with Crippen LogP contribution in [-0.4, -0.2) is 21.6 Å². The van der Waals surface area contributed by atoms with Crippen molar-refractivity contribution in [3.8, 4) is 0 Å². The molecule has 1 aliphatic heterocycles. The number of carbonyl (C=O) groups excluding carboxylic acids is 1. The summed E-state index contributed by atoms with van der Waals surface area (Å²) in [7, 11) is 0. The smallest absolute Gasteiger partial charge is 0.410 e. The van der Waals surface area contributed by atoms with Crippen molar-refractivity contribution in [3.05, 3.63) is 65.0 Å². The SMILES string of the molecule is CC(C)(C)OC(=O)N1Cc2ccc(CNCc3cccnc3)cc2C1. The highest BCUT2D eigenvalue weighted by atomic mass is 16.6. The van der Waals surface area contributed by atoms with E-state index in [0.717, 1.165) is 13.1 Å². The summed E-state index contributed by atoms with van der Waals surface area (Å²) in [4.78, 5) is 18.1. The molecule has 0 spiro atoms. The molecule has 1 aromatic heterocycles. The first-order chi connectivity index (χ1) is 11.9. The molecule has 2 aromatic rings. The van der Waals surface area contributed by atoms with Crippen LogP contribution in [0, 0.1) is 0 Å². The summed E-state index contributed by atoms with van der Waals surface area (Å²) in [6.45, 7) is 8.47. The molecule has 3 rings (SSSR count). The highest BCUT2D eigenvalue weighted by molar-refractivity contribution is 5.69. The van der Waals surface area contributed by atoms with Crippen molar-refractivity contribution in [2.24, 2.45) is 0 Å². The van der Waals surface area contributed by atoms with Crippen molar-refractivity contribution in [2.45, 2.75) is 52.6 Å². The van der Waals surface area contributed by atoms with Gasteiger partial charge in [0.1, 0.15) is 5.60 Å². The first kappa shape index (κ1) is 17.4. The topological polar surface area (TPSA) is 54.5 Å². The molecule has 0 bridgehead atoms. The first-order valence-electron chi connectivity index (χ1n) is 8.59. The monoisotopic (exact) mass is 339 g/mol. The lowest BCUT2D eigenvalue weighted by Crippen LogP contribution is -2.33. The summed E-state index contributed by atoms with van der Waals surface area (Å²) in [6, 6.07) is 10.4. The molecule has 0 aliphatic carbocycles. The van der Waals surface area contributed by atoms with Gasteiger partial charge in [0, 0.05) is 38.6 Å². The van der Waals surface area contributed by atoms with Gasteiger partial charge in [-0.2, -0.15) is 0 Å². The normalized spacial score (nSPS) is 13.6. The van der Waals surface area contributed by atoms with Crippen LogP contribution in [0.5, 0.6) is 0 Å². The lowest BCUT2D eigenvalue weighted by atomic mass is 10.1. The van der Waals surface area contributed by atoms with E-state index in [1.54, 1.807) is 11.1 Å². The number of nitrogens with one attached hydrogen (secondary N) is 1. The standard InChI is InChI=1S/C20H25N3O2/c1-20(2,3)25-19(24)23-13-17-7-6-15(9-18(17)14-23)10-22-12-16-5-4-8-21-11-16/h4-9,11,22H,10,12-14H2,1-3H3. The van der Waals surface area contributed by atoms with Gasteiger partial charge in [-0.15, -0.1) is 0 Å². The van der Waals surface area contributed by atoms with Crippen LogP contribution >= 0.6 is 0 Å². The van der Waals surface area contributed by atoms with E-state index in [-0.39, 0.29) is 6.09 Å². The molecule has 0 atom stereocenters. The van der Waals surface area contributed by atoms with Gasteiger partial charge in [0.2, 0.25) is 0 Å². The van der Waals surface area contributed by atoms with Crippen molar-refractivity contribution >= 4 is 6.09 Å². The van der Waals surface area contributed by atoms with E-state index in [4.69, 9.17) is 4.74 Å². The molecule has 5 nitrogen and oxygen atoms in total. The molecule has 1 amide bonds. The largest absolute Gasteiger partial charge is 0.444 e. The second-order valence-corrected chi connectivity index (χ2v) is 7.40. The molecular weight excluding hydrogens is 314 g/mol. The second-order valence-electron chi connectivity index (χ2n) is 7.40. The lowest BCUT2D eigenvalue weighted by molar-refractivity contribution is 0.0242. The Morgan fingerprint density at radius 2 is 1.92 bits per heavy atom. The van der Waals surface area contributed by atoms with Crippen LogP contribution in [0.25, 0.3) is 0 Å². The summed E-state index contributed by atoms with van der Waals surface area (Å²) >= 11 is 0. The summed E-state index contributed by atoms with van der Waals surface area (Å²) in [5.41, 5.74) is 4.31. The minimum Gasteiger partial charge on any atom is -0.444 e. The van der Waals surface area contributed by atoms with Crippen LogP contribution in [0.2, 0.25) is 0 Å². The third-order valence-corrected chi connectivity index (χ3v) is 4.03. The van der Waals surface area contributed by atoms with Crippen molar-refractivity contribution in [3.63, 3.8) is 0 Å². The van der Waals surface area contributed by atoms with E-state index in [1.807, 2.05) is 33.0 Å². The van der Waals surface area contributed by atoms with E-state index < -0.39 is 5.60 Å². The Bertz CT molecular complexity index is 738. The maximum Gasteiger partial charge on any atom is 0.410 e. The predicted molar refractivity (Wildman–Crippen MR) is 96.7 cm³/mol.